The van der Waals surface area contributed by atoms with Crippen LogP contribution in [0.25, 0.3) is 10.4 Å². The lowest BCUT2D eigenvalue weighted by molar-refractivity contribution is -0.129. The van der Waals surface area contributed by atoms with Crippen molar-refractivity contribution in [2.45, 2.75) is 38.5 Å². The number of carbonyl (C=O) groups excluding carboxylic acids is 2. The number of nitrogens with one attached hydrogen (secondary N) is 2. The summed E-state index contributed by atoms with van der Waals surface area (Å²) in [5, 5.41) is 8.74. The van der Waals surface area contributed by atoms with Gasteiger partial charge in [-0.05, 0) is 26.3 Å². The molecule has 0 radical (unpaired) electrons. The third-order valence-corrected chi connectivity index (χ3v) is 3.45. The van der Waals surface area contributed by atoms with Gasteiger partial charge in [0.2, 0.25) is 5.91 Å². The summed E-state index contributed by atoms with van der Waals surface area (Å²) in [6, 6.07) is -0.726. The molecule has 2 amide bonds. The molecule has 1 fully saturated rings. The third-order valence-electron chi connectivity index (χ3n) is 2.37. The molecule has 8 nitrogen and oxygen atoms in total. The monoisotopic (exact) mass is 301 g/mol. The molecular weight excluding hydrogens is 282 g/mol. The summed E-state index contributed by atoms with van der Waals surface area (Å²) < 4.78 is 5.09. The van der Waals surface area contributed by atoms with Gasteiger partial charge in [-0.15, -0.1) is 0 Å². The molecule has 1 unspecified atom stereocenters. The van der Waals surface area contributed by atoms with Crippen LogP contribution in [0.4, 0.5) is 4.79 Å². The first-order chi connectivity index (χ1) is 9.33. The maximum Gasteiger partial charge on any atom is 0.407 e. The maximum absolute atomic E-state index is 11.3. The molecule has 0 aromatic carbocycles. The highest BCUT2D eigenvalue weighted by Crippen LogP contribution is 2.16. The molecule has 0 saturated carbocycles. The van der Waals surface area contributed by atoms with E-state index in [0.717, 1.165) is 0 Å². The minimum Gasteiger partial charge on any atom is -0.444 e. The summed E-state index contributed by atoms with van der Waals surface area (Å²) in [5.41, 5.74) is 7.81. The number of hydrogen-bond acceptors (Lipinski definition) is 5. The molecule has 1 heterocycles. The smallest absolute Gasteiger partial charge is 0.407 e. The summed E-state index contributed by atoms with van der Waals surface area (Å²) in [4.78, 5) is 25.1. The summed E-state index contributed by atoms with van der Waals surface area (Å²) in [7, 11) is 0. The van der Waals surface area contributed by atoms with Gasteiger partial charge in [-0.1, -0.05) is 5.11 Å². The average Bonchev–Trinajstić information content (AvgIpc) is 2.32. The van der Waals surface area contributed by atoms with Crippen LogP contribution in [0, 0.1) is 0 Å². The second-order valence-electron chi connectivity index (χ2n) is 5.27. The first kappa shape index (κ1) is 16.5. The Morgan fingerprint density at radius 1 is 1.60 bits per heavy atom. The molecule has 1 aliphatic heterocycles. The second kappa shape index (κ2) is 7.25. The van der Waals surface area contributed by atoms with Gasteiger partial charge in [0.25, 0.3) is 0 Å². The Labute approximate surface area is 121 Å². The number of β-lactam (4-membered cyclic amide) rings is 1. The molecule has 0 bridgehead atoms. The minimum atomic E-state index is -0.605. The molecule has 0 aromatic rings. The number of hydrogen-bond donors (Lipinski definition) is 2. The molecule has 0 aromatic heterocycles. The molecule has 0 aliphatic carbocycles. The molecule has 2 atom stereocenters. The number of azide groups is 1. The van der Waals surface area contributed by atoms with Crippen LogP contribution >= 0.6 is 11.8 Å². The molecule has 1 saturated heterocycles. The fraction of sp³-hybridized carbons (Fsp3) is 0.818. The lowest BCUT2D eigenvalue weighted by atomic mass is 10.0. The molecule has 1 aliphatic rings. The quantitative estimate of drug-likeness (QED) is 0.254. The van der Waals surface area contributed by atoms with Crippen LogP contribution in [0.2, 0.25) is 0 Å². The fourth-order valence-electron chi connectivity index (χ4n) is 1.50. The first-order valence-corrected chi connectivity index (χ1v) is 7.38. The topological polar surface area (TPSA) is 116 Å². The van der Waals surface area contributed by atoms with Gasteiger partial charge < -0.3 is 15.4 Å². The first-order valence-electron chi connectivity index (χ1n) is 6.22. The fourth-order valence-corrected chi connectivity index (χ4v) is 2.44. The van der Waals surface area contributed by atoms with Gasteiger partial charge in [0.15, 0.2) is 0 Å². The number of thioether (sulfide) groups is 1. The van der Waals surface area contributed by atoms with Crippen molar-refractivity contribution in [1.82, 2.24) is 10.6 Å². The predicted octanol–water partition coefficient (Wildman–Crippen LogP) is 1.42. The van der Waals surface area contributed by atoms with E-state index in [1.165, 1.54) is 0 Å². The van der Waals surface area contributed by atoms with E-state index >= 15 is 0 Å². The normalized spacial score (nSPS) is 21.2. The number of rotatable bonds is 6. The van der Waals surface area contributed by atoms with E-state index in [2.05, 4.69) is 20.7 Å². The van der Waals surface area contributed by atoms with Crippen LogP contribution < -0.4 is 10.6 Å². The standard InChI is InChI=1S/C11H19N5O3S/c1-11(2,3)19-10(18)13-4-5-20-6-7-8(15-16-12)9(17)14-7/h7-8H,4-6H2,1-3H3,(H,13,18)(H,14,17)/t7-,8?/m0/s1. The van der Waals surface area contributed by atoms with E-state index in [1.807, 2.05) is 0 Å². The van der Waals surface area contributed by atoms with Crippen LogP contribution in [0.1, 0.15) is 20.8 Å². The summed E-state index contributed by atoms with van der Waals surface area (Å²) in [5.74, 6) is 1.10. The van der Waals surface area contributed by atoms with Crippen molar-refractivity contribution in [3.8, 4) is 0 Å². The van der Waals surface area contributed by atoms with Crippen molar-refractivity contribution in [2.24, 2.45) is 5.11 Å². The number of alkyl carbamates (subject to hydrolysis) is 1. The van der Waals surface area contributed by atoms with E-state index in [0.29, 0.717) is 18.1 Å². The lowest BCUT2D eigenvalue weighted by Gasteiger charge is -2.33. The van der Waals surface area contributed by atoms with Crippen molar-refractivity contribution >= 4 is 23.8 Å². The van der Waals surface area contributed by atoms with Gasteiger partial charge in [-0.3, -0.25) is 4.79 Å². The Morgan fingerprint density at radius 3 is 2.85 bits per heavy atom. The molecule has 20 heavy (non-hydrogen) atoms. The summed E-state index contributed by atoms with van der Waals surface area (Å²) in [6.07, 6.45) is -0.443. The third kappa shape index (κ3) is 5.58. The van der Waals surface area contributed by atoms with Crippen molar-refractivity contribution in [3.63, 3.8) is 0 Å². The molecule has 2 N–H and O–H groups in total. The van der Waals surface area contributed by atoms with Gasteiger partial charge in [0.1, 0.15) is 11.6 Å². The van der Waals surface area contributed by atoms with Gasteiger partial charge in [-0.25, -0.2) is 4.79 Å². The molecule has 1 rings (SSSR count). The maximum atomic E-state index is 11.3. The van der Waals surface area contributed by atoms with E-state index in [9.17, 15) is 9.59 Å². The zero-order chi connectivity index (χ0) is 15.2. The lowest BCUT2D eigenvalue weighted by Crippen LogP contribution is -2.62. The Hall–Kier alpha value is -1.60. The van der Waals surface area contributed by atoms with Crippen LogP contribution in [-0.4, -0.2) is 47.7 Å². The summed E-state index contributed by atoms with van der Waals surface area (Å²) in [6.45, 7) is 5.88. The van der Waals surface area contributed by atoms with Crippen molar-refractivity contribution in [1.29, 1.82) is 0 Å². The highest BCUT2D eigenvalue weighted by Gasteiger charge is 2.37. The van der Waals surface area contributed by atoms with E-state index in [-0.39, 0.29) is 11.9 Å². The summed E-state index contributed by atoms with van der Waals surface area (Å²) >= 11 is 1.56. The largest absolute Gasteiger partial charge is 0.444 e. The molecule has 112 valence electrons. The van der Waals surface area contributed by atoms with Gasteiger partial charge in [0.05, 0.1) is 6.04 Å². The van der Waals surface area contributed by atoms with Crippen molar-refractivity contribution in [3.05, 3.63) is 10.4 Å². The van der Waals surface area contributed by atoms with Gasteiger partial charge >= 0.3 is 6.09 Å². The SMILES string of the molecule is CC(C)(C)OC(=O)NCCSC[C@@H]1NC(=O)C1N=[N+]=[N-]. The number of ether oxygens (including phenoxy) is 1. The van der Waals surface area contributed by atoms with E-state index < -0.39 is 17.7 Å². The van der Waals surface area contributed by atoms with Crippen molar-refractivity contribution < 1.29 is 14.3 Å². The molecule has 9 heteroatoms. The number of amides is 2. The Balaban J connectivity index is 2.10. The van der Waals surface area contributed by atoms with Crippen LogP contribution in [0.15, 0.2) is 5.11 Å². The van der Waals surface area contributed by atoms with E-state index in [4.69, 9.17) is 10.3 Å². The van der Waals surface area contributed by atoms with Gasteiger partial charge in [0, 0.05) is 23.0 Å². The zero-order valence-corrected chi connectivity index (χ0v) is 12.6. The Bertz CT molecular complexity index is 415. The van der Waals surface area contributed by atoms with Crippen LogP contribution in [0.5, 0.6) is 0 Å². The van der Waals surface area contributed by atoms with Crippen LogP contribution in [0.3, 0.4) is 0 Å². The minimum absolute atomic E-state index is 0.120. The molecule has 0 spiro atoms. The van der Waals surface area contributed by atoms with Crippen LogP contribution in [-0.2, 0) is 9.53 Å². The zero-order valence-electron chi connectivity index (χ0n) is 11.8. The number of nitrogens with zero attached hydrogens (tertiary/aromatic N) is 3. The highest BCUT2D eigenvalue weighted by molar-refractivity contribution is 7.99. The second-order valence-corrected chi connectivity index (χ2v) is 6.42. The van der Waals surface area contributed by atoms with E-state index in [1.54, 1.807) is 32.5 Å². The average molecular weight is 301 g/mol. The highest BCUT2D eigenvalue weighted by atomic mass is 32.2. The Morgan fingerprint density at radius 2 is 2.30 bits per heavy atom. The number of carbonyl (C=O) groups is 2. The Kier molecular flexibility index (Phi) is 5.97. The molecular formula is C11H19N5O3S. The van der Waals surface area contributed by atoms with Crippen molar-refractivity contribution in [2.75, 3.05) is 18.1 Å². The van der Waals surface area contributed by atoms with Gasteiger partial charge in [-0.2, -0.15) is 11.8 Å². The predicted molar refractivity (Wildman–Crippen MR) is 76.4 cm³/mol.